The molecule has 0 aromatic rings. The van der Waals surface area contributed by atoms with Crippen LogP contribution in [0.25, 0.3) is 0 Å². The van der Waals surface area contributed by atoms with Crippen LogP contribution < -0.4 is 0 Å². The highest BCUT2D eigenvalue weighted by atomic mass is 79.9. The molecule has 0 atom stereocenters. The van der Waals surface area contributed by atoms with Gasteiger partial charge in [0.05, 0.1) is 0 Å². The van der Waals surface area contributed by atoms with E-state index in [0.717, 1.165) is 17.4 Å². The molecule has 0 N–H and O–H groups in total. The topological polar surface area (TPSA) is 12.4 Å². The lowest BCUT2D eigenvalue weighted by Gasteiger charge is -1.84. The highest BCUT2D eigenvalue weighted by molar-refractivity contribution is 9.11. The third kappa shape index (κ3) is 5.77. The van der Waals surface area contributed by atoms with Crippen LogP contribution >= 0.6 is 15.9 Å². The molecule has 0 saturated carbocycles. The summed E-state index contributed by atoms with van der Waals surface area (Å²) in [6, 6.07) is 0. The molecule has 0 fully saturated rings. The first-order valence-electron chi connectivity index (χ1n) is 3.15. The van der Waals surface area contributed by atoms with Gasteiger partial charge < -0.3 is 0 Å². The summed E-state index contributed by atoms with van der Waals surface area (Å²) in [5.41, 5.74) is 0. The van der Waals surface area contributed by atoms with Gasteiger partial charge in [0.15, 0.2) is 0 Å². The lowest BCUT2D eigenvalue weighted by Crippen LogP contribution is -1.71. The molecule has 0 aliphatic heterocycles. The van der Waals surface area contributed by atoms with Gasteiger partial charge in [-0.1, -0.05) is 19.4 Å². The maximum Gasteiger partial charge on any atom is 0.101 e. The lowest BCUT2D eigenvalue weighted by molar-refractivity contribution is 1.01. The normalized spacial score (nSPS) is 13.0. The predicted octanol–water partition coefficient (Wildman–Crippen LogP) is 3.11. The molecule has 0 aromatic carbocycles. The van der Waals surface area contributed by atoms with Crippen molar-refractivity contribution in [1.82, 2.24) is 0 Å². The maximum atomic E-state index is 4.09. The van der Waals surface area contributed by atoms with Crippen LogP contribution in [-0.4, -0.2) is 6.21 Å². The standard InChI is InChI=1S/C7H12BrN/c1-3-5-6-9-7(8)4-2/h4,6H,3,5H2,1-2H3/b7-4-,9-6-. The van der Waals surface area contributed by atoms with E-state index in [0.29, 0.717) is 0 Å². The Morgan fingerprint density at radius 2 is 2.33 bits per heavy atom. The molecule has 0 aliphatic carbocycles. The number of nitrogens with zero attached hydrogens (tertiary/aromatic N) is 1. The number of halogens is 1. The maximum absolute atomic E-state index is 4.09. The Bertz CT molecular complexity index is 116. The van der Waals surface area contributed by atoms with E-state index >= 15 is 0 Å². The van der Waals surface area contributed by atoms with Crippen molar-refractivity contribution in [2.75, 3.05) is 0 Å². The molecule has 0 radical (unpaired) electrons. The lowest BCUT2D eigenvalue weighted by atomic mass is 10.4. The summed E-state index contributed by atoms with van der Waals surface area (Å²) in [5.74, 6) is 0. The van der Waals surface area contributed by atoms with Crippen molar-refractivity contribution in [3.05, 3.63) is 10.7 Å². The van der Waals surface area contributed by atoms with Crippen LogP contribution in [-0.2, 0) is 0 Å². The number of allylic oxidation sites excluding steroid dienone is 1. The average Bonchev–Trinajstić information content (AvgIpc) is 1.89. The van der Waals surface area contributed by atoms with Crippen LogP contribution in [0, 0.1) is 0 Å². The SMILES string of the molecule is C/C=C(Br)\N=C/CCC. The van der Waals surface area contributed by atoms with Gasteiger partial charge in [-0.25, -0.2) is 0 Å². The minimum Gasteiger partial charge on any atom is -0.254 e. The van der Waals surface area contributed by atoms with E-state index < -0.39 is 0 Å². The molecule has 1 nitrogen and oxygen atoms in total. The molecule has 0 bridgehead atoms. The summed E-state index contributed by atoms with van der Waals surface area (Å²) in [6.07, 6.45) is 6.06. The van der Waals surface area contributed by atoms with Gasteiger partial charge in [0.25, 0.3) is 0 Å². The predicted molar refractivity (Wildman–Crippen MR) is 46.1 cm³/mol. The van der Waals surface area contributed by atoms with Crippen LogP contribution in [0.2, 0.25) is 0 Å². The van der Waals surface area contributed by atoms with Crippen LogP contribution in [0.15, 0.2) is 15.7 Å². The molecule has 0 aliphatic rings. The van der Waals surface area contributed by atoms with Crippen molar-refractivity contribution in [3.63, 3.8) is 0 Å². The Morgan fingerprint density at radius 1 is 1.67 bits per heavy atom. The van der Waals surface area contributed by atoms with Gasteiger partial charge >= 0.3 is 0 Å². The zero-order valence-electron chi connectivity index (χ0n) is 5.89. The van der Waals surface area contributed by atoms with Gasteiger partial charge in [-0.05, 0) is 29.3 Å². The van der Waals surface area contributed by atoms with E-state index in [1.807, 2.05) is 19.2 Å². The van der Waals surface area contributed by atoms with Gasteiger partial charge in [-0.15, -0.1) is 0 Å². The molecule has 0 amide bonds. The molecule has 0 aromatic heterocycles. The molecule has 0 spiro atoms. The largest absolute Gasteiger partial charge is 0.254 e. The Hall–Kier alpha value is -0.110. The van der Waals surface area contributed by atoms with E-state index in [1.54, 1.807) is 0 Å². The van der Waals surface area contributed by atoms with Crippen LogP contribution in [0.5, 0.6) is 0 Å². The summed E-state index contributed by atoms with van der Waals surface area (Å²) < 4.78 is 0.913. The molecule has 0 heterocycles. The third-order valence-corrected chi connectivity index (χ3v) is 1.53. The van der Waals surface area contributed by atoms with E-state index in [4.69, 9.17) is 0 Å². The molecule has 0 saturated heterocycles. The molecule has 52 valence electrons. The second-order valence-electron chi connectivity index (χ2n) is 1.71. The number of unbranched alkanes of at least 4 members (excludes halogenated alkanes) is 1. The van der Waals surface area contributed by atoms with Crippen LogP contribution in [0.4, 0.5) is 0 Å². The molecule has 0 unspecified atom stereocenters. The monoisotopic (exact) mass is 189 g/mol. The van der Waals surface area contributed by atoms with Gasteiger partial charge in [0, 0.05) is 6.21 Å². The van der Waals surface area contributed by atoms with Crippen molar-refractivity contribution >= 4 is 22.1 Å². The van der Waals surface area contributed by atoms with Crippen molar-refractivity contribution < 1.29 is 0 Å². The Labute approximate surface area is 65.0 Å². The van der Waals surface area contributed by atoms with E-state index in [2.05, 4.69) is 27.8 Å². The Morgan fingerprint density at radius 3 is 2.78 bits per heavy atom. The zero-order chi connectivity index (χ0) is 7.11. The third-order valence-electron chi connectivity index (χ3n) is 0.871. The van der Waals surface area contributed by atoms with Crippen LogP contribution in [0.1, 0.15) is 26.7 Å². The fraction of sp³-hybridized carbons (Fsp3) is 0.571. The van der Waals surface area contributed by atoms with Crippen molar-refractivity contribution in [1.29, 1.82) is 0 Å². The Balaban J connectivity index is 3.45. The second kappa shape index (κ2) is 6.02. The smallest absolute Gasteiger partial charge is 0.101 e. The molecular formula is C7H12BrN. The number of hydrogen-bond donors (Lipinski definition) is 0. The van der Waals surface area contributed by atoms with Crippen molar-refractivity contribution in [3.8, 4) is 0 Å². The minimum absolute atomic E-state index is 0.913. The average molecular weight is 190 g/mol. The first-order chi connectivity index (χ1) is 4.31. The minimum atomic E-state index is 0.913. The quantitative estimate of drug-likeness (QED) is 0.479. The van der Waals surface area contributed by atoms with E-state index in [1.165, 1.54) is 0 Å². The first-order valence-corrected chi connectivity index (χ1v) is 3.95. The fourth-order valence-electron chi connectivity index (χ4n) is 0.355. The van der Waals surface area contributed by atoms with Crippen LogP contribution in [0.3, 0.4) is 0 Å². The van der Waals surface area contributed by atoms with Gasteiger partial charge in [0.1, 0.15) is 4.61 Å². The van der Waals surface area contributed by atoms with Crippen molar-refractivity contribution in [2.24, 2.45) is 4.99 Å². The highest BCUT2D eigenvalue weighted by Crippen LogP contribution is 2.04. The summed E-state index contributed by atoms with van der Waals surface area (Å²) in [7, 11) is 0. The molecule has 9 heavy (non-hydrogen) atoms. The van der Waals surface area contributed by atoms with E-state index in [-0.39, 0.29) is 0 Å². The number of rotatable bonds is 3. The summed E-state index contributed by atoms with van der Waals surface area (Å²) in [6.45, 7) is 4.09. The molecule has 2 heteroatoms. The summed E-state index contributed by atoms with van der Waals surface area (Å²) in [4.78, 5) is 4.09. The first kappa shape index (κ1) is 8.89. The van der Waals surface area contributed by atoms with E-state index in [9.17, 15) is 0 Å². The van der Waals surface area contributed by atoms with Gasteiger partial charge in [0.2, 0.25) is 0 Å². The summed E-state index contributed by atoms with van der Waals surface area (Å²) in [5, 5.41) is 0. The van der Waals surface area contributed by atoms with Gasteiger partial charge in [-0.3, -0.25) is 4.99 Å². The summed E-state index contributed by atoms with van der Waals surface area (Å²) >= 11 is 3.27. The van der Waals surface area contributed by atoms with Gasteiger partial charge in [-0.2, -0.15) is 0 Å². The molecule has 0 rings (SSSR count). The number of hydrogen-bond acceptors (Lipinski definition) is 1. The Kier molecular flexibility index (Phi) is 5.94. The highest BCUT2D eigenvalue weighted by Gasteiger charge is 1.78. The second-order valence-corrected chi connectivity index (χ2v) is 2.52. The fourth-order valence-corrected chi connectivity index (χ4v) is 0.500. The number of aliphatic imine (C=N–C) groups is 1. The molecular weight excluding hydrogens is 178 g/mol. The van der Waals surface area contributed by atoms with Crippen molar-refractivity contribution in [2.45, 2.75) is 26.7 Å². The zero-order valence-corrected chi connectivity index (χ0v) is 7.48.